The van der Waals surface area contributed by atoms with Crippen LogP contribution in [0.4, 0.5) is 0 Å². The van der Waals surface area contributed by atoms with Crippen molar-refractivity contribution < 1.29 is 0 Å². The van der Waals surface area contributed by atoms with Gasteiger partial charge in [-0.2, -0.15) is 0 Å². The van der Waals surface area contributed by atoms with E-state index in [4.69, 9.17) is 5.73 Å². The summed E-state index contributed by atoms with van der Waals surface area (Å²) >= 11 is 0. The minimum absolute atomic E-state index is 0.213. The second kappa shape index (κ2) is 4.43. The molecule has 1 heteroatoms. The molecule has 0 aliphatic heterocycles. The van der Waals surface area contributed by atoms with Gasteiger partial charge >= 0.3 is 0 Å². The van der Waals surface area contributed by atoms with E-state index in [2.05, 4.69) is 39.0 Å². The van der Waals surface area contributed by atoms with Crippen molar-refractivity contribution in [2.45, 2.75) is 39.7 Å². The van der Waals surface area contributed by atoms with Crippen molar-refractivity contribution >= 4 is 0 Å². The predicted molar refractivity (Wildman–Crippen MR) is 57.8 cm³/mol. The number of nitrogens with two attached hydrogens (primary N) is 1. The highest BCUT2D eigenvalue weighted by atomic mass is 14.6. The van der Waals surface area contributed by atoms with Gasteiger partial charge in [-0.15, -0.1) is 0 Å². The number of rotatable bonds is 3. The first-order valence-corrected chi connectivity index (χ1v) is 4.98. The highest BCUT2D eigenvalue weighted by Crippen LogP contribution is 2.21. The van der Waals surface area contributed by atoms with E-state index in [1.54, 1.807) is 0 Å². The topological polar surface area (TPSA) is 26.0 Å². The summed E-state index contributed by atoms with van der Waals surface area (Å²) in [7, 11) is 0. The van der Waals surface area contributed by atoms with E-state index in [9.17, 15) is 0 Å². The van der Waals surface area contributed by atoms with Crippen LogP contribution in [0, 0.1) is 13.8 Å². The number of hydrogen-bond donors (Lipinski definition) is 1. The third-order valence-corrected chi connectivity index (χ3v) is 2.65. The molecule has 1 aromatic carbocycles. The Hall–Kier alpha value is -0.820. The highest BCUT2D eigenvalue weighted by molar-refractivity contribution is 5.35. The van der Waals surface area contributed by atoms with Crippen molar-refractivity contribution in [1.82, 2.24) is 0 Å². The summed E-state index contributed by atoms with van der Waals surface area (Å²) in [4.78, 5) is 0. The molecule has 0 bridgehead atoms. The Morgan fingerprint density at radius 3 is 2.62 bits per heavy atom. The van der Waals surface area contributed by atoms with E-state index in [0.717, 1.165) is 12.8 Å². The third kappa shape index (κ3) is 2.31. The summed E-state index contributed by atoms with van der Waals surface area (Å²) in [6, 6.07) is 6.58. The maximum absolute atomic E-state index is 6.08. The molecular formula is C12H19N. The van der Waals surface area contributed by atoms with Crippen molar-refractivity contribution in [3.05, 3.63) is 34.9 Å². The van der Waals surface area contributed by atoms with Crippen molar-refractivity contribution in [2.75, 3.05) is 0 Å². The summed E-state index contributed by atoms with van der Waals surface area (Å²) in [5.74, 6) is 0. The molecule has 1 unspecified atom stereocenters. The standard InChI is InChI=1S/C12H19N/c1-4-6-12(13)11-8-5-7-9(2)10(11)3/h5,7-8,12H,4,6,13H2,1-3H3. The molecule has 72 valence electrons. The van der Waals surface area contributed by atoms with Gasteiger partial charge in [-0.1, -0.05) is 31.5 Å². The highest BCUT2D eigenvalue weighted by Gasteiger charge is 2.08. The van der Waals surface area contributed by atoms with Crippen LogP contribution < -0.4 is 5.73 Å². The van der Waals surface area contributed by atoms with Gasteiger partial charge in [0.15, 0.2) is 0 Å². The first-order valence-electron chi connectivity index (χ1n) is 4.98. The molecule has 0 aromatic heterocycles. The minimum Gasteiger partial charge on any atom is -0.324 e. The van der Waals surface area contributed by atoms with Crippen LogP contribution in [0.3, 0.4) is 0 Å². The van der Waals surface area contributed by atoms with Crippen LogP contribution in [-0.2, 0) is 0 Å². The van der Waals surface area contributed by atoms with Gasteiger partial charge in [0.05, 0.1) is 0 Å². The lowest BCUT2D eigenvalue weighted by Crippen LogP contribution is -2.11. The SMILES string of the molecule is CCCC(N)c1cccc(C)c1C. The molecule has 0 aliphatic carbocycles. The van der Waals surface area contributed by atoms with Crippen LogP contribution in [0.5, 0.6) is 0 Å². The van der Waals surface area contributed by atoms with Crippen LogP contribution in [0.15, 0.2) is 18.2 Å². The van der Waals surface area contributed by atoms with Gasteiger partial charge in [0.2, 0.25) is 0 Å². The fraction of sp³-hybridized carbons (Fsp3) is 0.500. The molecular weight excluding hydrogens is 158 g/mol. The van der Waals surface area contributed by atoms with Gasteiger partial charge in [-0.05, 0) is 37.0 Å². The maximum atomic E-state index is 6.08. The summed E-state index contributed by atoms with van der Waals surface area (Å²) < 4.78 is 0. The van der Waals surface area contributed by atoms with E-state index in [1.165, 1.54) is 16.7 Å². The Balaban J connectivity index is 2.93. The first kappa shape index (κ1) is 10.3. The second-order valence-corrected chi connectivity index (χ2v) is 3.68. The molecule has 0 saturated carbocycles. The third-order valence-electron chi connectivity index (χ3n) is 2.65. The van der Waals surface area contributed by atoms with Crippen LogP contribution in [0.2, 0.25) is 0 Å². The predicted octanol–water partition coefficient (Wildman–Crippen LogP) is 3.10. The summed E-state index contributed by atoms with van der Waals surface area (Å²) in [5, 5.41) is 0. The Kier molecular flexibility index (Phi) is 3.49. The van der Waals surface area contributed by atoms with Crippen LogP contribution in [0.1, 0.15) is 42.5 Å². The van der Waals surface area contributed by atoms with E-state index in [-0.39, 0.29) is 6.04 Å². The van der Waals surface area contributed by atoms with E-state index in [1.807, 2.05) is 0 Å². The zero-order chi connectivity index (χ0) is 9.84. The van der Waals surface area contributed by atoms with Crippen molar-refractivity contribution in [3.63, 3.8) is 0 Å². The summed E-state index contributed by atoms with van der Waals surface area (Å²) in [6.07, 6.45) is 2.22. The van der Waals surface area contributed by atoms with Gasteiger partial charge in [-0.25, -0.2) is 0 Å². The van der Waals surface area contributed by atoms with E-state index < -0.39 is 0 Å². The van der Waals surface area contributed by atoms with Crippen LogP contribution in [-0.4, -0.2) is 0 Å². The average molecular weight is 177 g/mol. The van der Waals surface area contributed by atoms with Crippen LogP contribution in [0.25, 0.3) is 0 Å². The molecule has 2 N–H and O–H groups in total. The zero-order valence-corrected chi connectivity index (χ0v) is 8.80. The molecule has 1 aromatic rings. The Labute approximate surface area is 81.0 Å². The van der Waals surface area contributed by atoms with E-state index >= 15 is 0 Å². The molecule has 0 spiro atoms. The fourth-order valence-electron chi connectivity index (χ4n) is 1.64. The van der Waals surface area contributed by atoms with Crippen molar-refractivity contribution in [1.29, 1.82) is 0 Å². The molecule has 1 atom stereocenters. The summed E-state index contributed by atoms with van der Waals surface area (Å²) in [6.45, 7) is 6.46. The Bertz CT molecular complexity index is 278. The first-order chi connectivity index (χ1) is 6.16. The second-order valence-electron chi connectivity index (χ2n) is 3.68. The molecule has 1 rings (SSSR count). The molecule has 0 aliphatic rings. The Morgan fingerprint density at radius 2 is 2.00 bits per heavy atom. The lowest BCUT2D eigenvalue weighted by atomic mass is 9.95. The van der Waals surface area contributed by atoms with Crippen molar-refractivity contribution in [3.8, 4) is 0 Å². The molecule has 0 radical (unpaired) electrons. The molecule has 0 fully saturated rings. The summed E-state index contributed by atoms with van der Waals surface area (Å²) in [5.41, 5.74) is 10.1. The molecule has 0 saturated heterocycles. The van der Waals surface area contributed by atoms with Gasteiger partial charge in [0, 0.05) is 6.04 Å². The van der Waals surface area contributed by atoms with Gasteiger partial charge in [0.25, 0.3) is 0 Å². The molecule has 1 nitrogen and oxygen atoms in total. The van der Waals surface area contributed by atoms with E-state index in [0.29, 0.717) is 0 Å². The number of benzene rings is 1. The minimum atomic E-state index is 0.213. The Morgan fingerprint density at radius 1 is 1.31 bits per heavy atom. The average Bonchev–Trinajstić information content (AvgIpc) is 2.10. The van der Waals surface area contributed by atoms with Gasteiger partial charge in [0.1, 0.15) is 0 Å². The largest absolute Gasteiger partial charge is 0.324 e. The number of hydrogen-bond acceptors (Lipinski definition) is 1. The number of aryl methyl sites for hydroxylation is 1. The fourth-order valence-corrected chi connectivity index (χ4v) is 1.64. The smallest absolute Gasteiger partial charge is 0.0297 e. The quantitative estimate of drug-likeness (QED) is 0.754. The maximum Gasteiger partial charge on any atom is 0.0297 e. The monoisotopic (exact) mass is 177 g/mol. The van der Waals surface area contributed by atoms with Gasteiger partial charge < -0.3 is 5.73 Å². The van der Waals surface area contributed by atoms with Crippen molar-refractivity contribution in [2.24, 2.45) is 5.73 Å². The normalized spacial score (nSPS) is 12.9. The molecule has 13 heavy (non-hydrogen) atoms. The lowest BCUT2D eigenvalue weighted by Gasteiger charge is -2.15. The zero-order valence-electron chi connectivity index (χ0n) is 8.80. The lowest BCUT2D eigenvalue weighted by molar-refractivity contribution is 0.634. The van der Waals surface area contributed by atoms with Crippen LogP contribution >= 0.6 is 0 Å². The van der Waals surface area contributed by atoms with Gasteiger partial charge in [-0.3, -0.25) is 0 Å². The molecule has 0 heterocycles. The molecule has 0 amide bonds.